The summed E-state index contributed by atoms with van der Waals surface area (Å²) in [5, 5.41) is 5.55. The van der Waals surface area contributed by atoms with Crippen LogP contribution in [0.15, 0.2) is 11.6 Å². The van der Waals surface area contributed by atoms with Crippen molar-refractivity contribution < 1.29 is 9.53 Å². The molecule has 0 aromatic carbocycles. The molecule has 0 bridgehead atoms. The molecular weight excluding hydrogens is 214 g/mol. The molecule has 0 spiro atoms. The number of nitrogens with one attached hydrogen (secondary N) is 1. The number of amides is 1. The molecule has 0 aliphatic heterocycles. The predicted molar refractivity (Wildman–Crippen MR) is 58.5 cm³/mol. The molecule has 1 aromatic rings. The highest BCUT2D eigenvalue weighted by Gasteiger charge is 2.10. The molecule has 1 amide bonds. The van der Waals surface area contributed by atoms with Crippen molar-refractivity contribution >= 4 is 17.2 Å². The predicted octanol–water partition coefficient (Wildman–Crippen LogP) is 0.296. The van der Waals surface area contributed by atoms with Crippen molar-refractivity contribution in [2.45, 2.75) is 13.0 Å². The Bertz CT molecular complexity index is 290. The molecule has 6 heteroatoms. The van der Waals surface area contributed by atoms with Crippen molar-refractivity contribution in [3.63, 3.8) is 0 Å². The molecule has 1 heterocycles. The lowest BCUT2D eigenvalue weighted by Gasteiger charge is -2.10. The Morgan fingerprint density at radius 1 is 1.80 bits per heavy atom. The van der Waals surface area contributed by atoms with Gasteiger partial charge in [0.2, 0.25) is 5.91 Å². The van der Waals surface area contributed by atoms with Crippen LogP contribution in [0.25, 0.3) is 0 Å². The minimum atomic E-state index is -0.147. The molecule has 0 aliphatic rings. The van der Waals surface area contributed by atoms with Crippen LogP contribution in [0.1, 0.15) is 18.0 Å². The maximum absolute atomic E-state index is 11.3. The van der Waals surface area contributed by atoms with E-state index in [9.17, 15) is 4.79 Å². The van der Waals surface area contributed by atoms with Crippen LogP contribution in [0.3, 0.4) is 0 Å². The SMILES string of the molecule is CC(NC(=O)COCCN)c1nccs1. The smallest absolute Gasteiger partial charge is 0.246 e. The Labute approximate surface area is 92.6 Å². The summed E-state index contributed by atoms with van der Waals surface area (Å²) in [5.41, 5.74) is 5.23. The van der Waals surface area contributed by atoms with E-state index in [4.69, 9.17) is 10.5 Å². The Morgan fingerprint density at radius 2 is 2.60 bits per heavy atom. The summed E-state index contributed by atoms with van der Waals surface area (Å²) in [6, 6.07) is -0.0704. The second-order valence-corrected chi connectivity index (χ2v) is 3.93. The average Bonchev–Trinajstić information content (AvgIpc) is 2.70. The van der Waals surface area contributed by atoms with Gasteiger partial charge in [-0.05, 0) is 6.92 Å². The molecule has 1 atom stereocenters. The number of ether oxygens (including phenoxy) is 1. The van der Waals surface area contributed by atoms with Crippen molar-refractivity contribution in [3.8, 4) is 0 Å². The summed E-state index contributed by atoms with van der Waals surface area (Å²) in [4.78, 5) is 15.4. The summed E-state index contributed by atoms with van der Waals surface area (Å²) in [6.07, 6.45) is 1.72. The number of nitrogens with two attached hydrogens (primary N) is 1. The summed E-state index contributed by atoms with van der Waals surface area (Å²) in [5.74, 6) is -0.147. The molecule has 1 unspecified atom stereocenters. The fourth-order valence-corrected chi connectivity index (χ4v) is 1.69. The third-order valence-corrected chi connectivity index (χ3v) is 2.65. The lowest BCUT2D eigenvalue weighted by atomic mass is 10.3. The quantitative estimate of drug-likeness (QED) is 0.688. The highest BCUT2D eigenvalue weighted by Crippen LogP contribution is 2.14. The molecule has 84 valence electrons. The zero-order valence-corrected chi connectivity index (χ0v) is 9.42. The van der Waals surface area contributed by atoms with Crippen molar-refractivity contribution in [2.75, 3.05) is 19.8 Å². The molecule has 3 N–H and O–H groups in total. The third-order valence-electron chi connectivity index (χ3n) is 1.69. The van der Waals surface area contributed by atoms with Gasteiger partial charge >= 0.3 is 0 Å². The molecule has 1 aromatic heterocycles. The van der Waals surface area contributed by atoms with Gasteiger partial charge in [-0.15, -0.1) is 11.3 Å². The molecule has 0 saturated carbocycles. The fourth-order valence-electron chi connectivity index (χ4n) is 1.04. The monoisotopic (exact) mass is 229 g/mol. The van der Waals surface area contributed by atoms with Gasteiger partial charge in [-0.1, -0.05) is 0 Å². The number of rotatable bonds is 6. The number of carbonyl (C=O) groups is 1. The lowest BCUT2D eigenvalue weighted by molar-refractivity contribution is -0.126. The van der Waals surface area contributed by atoms with Crippen LogP contribution in [0, 0.1) is 0 Å². The first kappa shape index (κ1) is 12.1. The van der Waals surface area contributed by atoms with E-state index in [1.165, 1.54) is 11.3 Å². The Kier molecular flexibility index (Phi) is 5.23. The van der Waals surface area contributed by atoms with E-state index in [0.717, 1.165) is 5.01 Å². The molecule has 0 saturated heterocycles. The second-order valence-electron chi connectivity index (χ2n) is 3.00. The Hall–Kier alpha value is -0.980. The molecule has 0 fully saturated rings. The average molecular weight is 229 g/mol. The van der Waals surface area contributed by atoms with Gasteiger partial charge in [0.25, 0.3) is 0 Å². The Balaban J connectivity index is 2.26. The topological polar surface area (TPSA) is 77.2 Å². The van der Waals surface area contributed by atoms with Crippen LogP contribution in [0.4, 0.5) is 0 Å². The van der Waals surface area contributed by atoms with Gasteiger partial charge < -0.3 is 15.8 Å². The van der Waals surface area contributed by atoms with E-state index in [0.29, 0.717) is 13.2 Å². The number of nitrogens with zero attached hydrogens (tertiary/aromatic N) is 1. The van der Waals surface area contributed by atoms with Crippen LogP contribution in [-0.2, 0) is 9.53 Å². The molecular formula is C9H15N3O2S. The third kappa shape index (κ3) is 4.37. The van der Waals surface area contributed by atoms with Crippen molar-refractivity contribution in [3.05, 3.63) is 16.6 Å². The summed E-state index contributed by atoms with van der Waals surface area (Å²) < 4.78 is 5.01. The largest absolute Gasteiger partial charge is 0.370 e. The molecule has 0 radical (unpaired) electrons. The molecule has 15 heavy (non-hydrogen) atoms. The molecule has 1 rings (SSSR count). The standard InChI is InChI=1S/C9H15N3O2S/c1-7(9-11-3-5-15-9)12-8(13)6-14-4-2-10/h3,5,7H,2,4,6,10H2,1H3,(H,12,13). The minimum absolute atomic E-state index is 0.0485. The number of aromatic nitrogens is 1. The van der Waals surface area contributed by atoms with Crippen molar-refractivity contribution in [1.82, 2.24) is 10.3 Å². The van der Waals surface area contributed by atoms with Gasteiger partial charge in [-0.2, -0.15) is 0 Å². The van der Waals surface area contributed by atoms with Crippen molar-refractivity contribution in [1.29, 1.82) is 0 Å². The van der Waals surface area contributed by atoms with Crippen LogP contribution in [0.2, 0.25) is 0 Å². The summed E-state index contributed by atoms with van der Waals surface area (Å²) in [6.45, 7) is 2.76. The first-order valence-electron chi connectivity index (χ1n) is 4.70. The van der Waals surface area contributed by atoms with Crippen LogP contribution >= 0.6 is 11.3 Å². The van der Waals surface area contributed by atoms with E-state index in [1.807, 2.05) is 12.3 Å². The van der Waals surface area contributed by atoms with E-state index in [2.05, 4.69) is 10.3 Å². The van der Waals surface area contributed by atoms with Gasteiger partial charge in [0.1, 0.15) is 11.6 Å². The fraction of sp³-hybridized carbons (Fsp3) is 0.556. The zero-order chi connectivity index (χ0) is 11.1. The van der Waals surface area contributed by atoms with E-state index in [-0.39, 0.29) is 18.6 Å². The van der Waals surface area contributed by atoms with E-state index < -0.39 is 0 Å². The van der Waals surface area contributed by atoms with E-state index in [1.54, 1.807) is 6.20 Å². The zero-order valence-electron chi connectivity index (χ0n) is 8.60. The van der Waals surface area contributed by atoms with Gasteiger partial charge in [-0.25, -0.2) is 4.98 Å². The normalized spacial score (nSPS) is 12.4. The number of hydrogen-bond donors (Lipinski definition) is 2. The second kappa shape index (κ2) is 6.49. The van der Waals surface area contributed by atoms with Crippen molar-refractivity contribution in [2.24, 2.45) is 5.73 Å². The van der Waals surface area contributed by atoms with Gasteiger partial charge in [0.15, 0.2) is 0 Å². The number of hydrogen-bond acceptors (Lipinski definition) is 5. The number of carbonyl (C=O) groups excluding carboxylic acids is 1. The minimum Gasteiger partial charge on any atom is -0.370 e. The first-order chi connectivity index (χ1) is 7.24. The highest BCUT2D eigenvalue weighted by atomic mass is 32.1. The van der Waals surface area contributed by atoms with Crippen LogP contribution < -0.4 is 11.1 Å². The maximum Gasteiger partial charge on any atom is 0.246 e. The van der Waals surface area contributed by atoms with Gasteiger partial charge in [0.05, 0.1) is 12.6 Å². The van der Waals surface area contributed by atoms with E-state index >= 15 is 0 Å². The molecule has 5 nitrogen and oxygen atoms in total. The van der Waals surface area contributed by atoms with Crippen LogP contribution in [-0.4, -0.2) is 30.6 Å². The first-order valence-corrected chi connectivity index (χ1v) is 5.58. The summed E-state index contributed by atoms with van der Waals surface area (Å²) >= 11 is 1.51. The summed E-state index contributed by atoms with van der Waals surface area (Å²) in [7, 11) is 0. The Morgan fingerprint density at radius 3 is 3.20 bits per heavy atom. The molecule has 0 aliphatic carbocycles. The lowest BCUT2D eigenvalue weighted by Crippen LogP contribution is -2.30. The van der Waals surface area contributed by atoms with Crippen LogP contribution in [0.5, 0.6) is 0 Å². The van der Waals surface area contributed by atoms with Gasteiger partial charge in [-0.3, -0.25) is 4.79 Å². The number of thiazole rings is 1. The highest BCUT2D eigenvalue weighted by molar-refractivity contribution is 7.09. The maximum atomic E-state index is 11.3. The van der Waals surface area contributed by atoms with Gasteiger partial charge in [0, 0.05) is 18.1 Å².